The molecule has 0 fully saturated rings. The molecule has 0 aliphatic heterocycles. The first kappa shape index (κ1) is 20.0. The van der Waals surface area contributed by atoms with E-state index in [0.717, 1.165) is 12.1 Å². The molecule has 1 aromatic heterocycles. The number of amides is 2. The van der Waals surface area contributed by atoms with E-state index >= 15 is 0 Å². The number of halogens is 3. The molecule has 2 aromatic rings. The highest BCUT2D eigenvalue weighted by atomic mass is 32.1. The zero-order chi connectivity index (χ0) is 19.2. The normalized spacial score (nSPS) is 11.2. The molecule has 0 aliphatic carbocycles. The molecule has 8 heteroatoms. The number of hydrogen-bond donors (Lipinski definition) is 1. The average Bonchev–Trinajstić information content (AvgIpc) is 3.12. The molecule has 0 saturated carbocycles. The molecule has 0 spiro atoms. The van der Waals surface area contributed by atoms with Crippen molar-refractivity contribution in [3.05, 3.63) is 57.8 Å². The van der Waals surface area contributed by atoms with Crippen LogP contribution in [0.5, 0.6) is 0 Å². The summed E-state index contributed by atoms with van der Waals surface area (Å²) >= 11 is 1.43. The molecule has 0 unspecified atom stereocenters. The first-order chi connectivity index (χ1) is 12.3. The second-order valence-corrected chi connectivity index (χ2v) is 6.60. The van der Waals surface area contributed by atoms with Crippen molar-refractivity contribution in [1.82, 2.24) is 10.2 Å². The fraction of sp³-hybridized carbons (Fsp3) is 0.333. The van der Waals surface area contributed by atoms with Crippen LogP contribution in [0.1, 0.15) is 34.3 Å². The average molecular weight is 384 g/mol. The number of thiophene rings is 1. The summed E-state index contributed by atoms with van der Waals surface area (Å²) in [5.41, 5.74) is 0.511. The second kappa shape index (κ2) is 8.84. The number of nitrogens with zero attached hydrogens (tertiary/aromatic N) is 1. The van der Waals surface area contributed by atoms with Crippen LogP contribution in [0.2, 0.25) is 0 Å². The monoisotopic (exact) mass is 384 g/mol. The Morgan fingerprint density at radius 1 is 1.15 bits per heavy atom. The van der Waals surface area contributed by atoms with Gasteiger partial charge < -0.3 is 10.2 Å². The van der Waals surface area contributed by atoms with Gasteiger partial charge in [-0.1, -0.05) is 12.1 Å². The summed E-state index contributed by atoms with van der Waals surface area (Å²) in [7, 11) is 1.60. The molecule has 0 saturated heterocycles. The van der Waals surface area contributed by atoms with E-state index < -0.39 is 11.7 Å². The minimum atomic E-state index is -4.37. The minimum Gasteiger partial charge on any atom is -0.352 e. The summed E-state index contributed by atoms with van der Waals surface area (Å²) in [5, 5.41) is 6.30. The molecular formula is C18H19F3N2O2S. The molecule has 140 valence electrons. The number of hydrogen-bond acceptors (Lipinski definition) is 3. The number of carbonyl (C=O) groups is 2. The van der Waals surface area contributed by atoms with Crippen molar-refractivity contribution in [3.63, 3.8) is 0 Å². The largest absolute Gasteiger partial charge is 0.416 e. The predicted octanol–water partition coefficient (Wildman–Crippen LogP) is 3.94. The van der Waals surface area contributed by atoms with Crippen LogP contribution in [-0.2, 0) is 17.5 Å². The Kier molecular flexibility index (Phi) is 6.79. The fourth-order valence-corrected chi connectivity index (χ4v) is 2.93. The maximum Gasteiger partial charge on any atom is 0.416 e. The summed E-state index contributed by atoms with van der Waals surface area (Å²) in [6.45, 7) is 0.618. The van der Waals surface area contributed by atoms with Crippen LogP contribution < -0.4 is 5.32 Å². The van der Waals surface area contributed by atoms with Crippen LogP contribution in [0.15, 0.2) is 41.1 Å². The molecule has 0 aliphatic rings. The predicted molar refractivity (Wildman–Crippen MR) is 93.8 cm³/mol. The number of benzene rings is 1. The van der Waals surface area contributed by atoms with Gasteiger partial charge >= 0.3 is 6.18 Å². The lowest BCUT2D eigenvalue weighted by Gasteiger charge is -2.18. The summed E-state index contributed by atoms with van der Waals surface area (Å²) in [4.78, 5) is 25.3. The molecule has 2 rings (SSSR count). The second-order valence-electron chi connectivity index (χ2n) is 5.82. The van der Waals surface area contributed by atoms with Crippen molar-refractivity contribution in [2.45, 2.75) is 25.6 Å². The molecule has 2 amide bonds. The van der Waals surface area contributed by atoms with Crippen LogP contribution in [0.3, 0.4) is 0 Å². The van der Waals surface area contributed by atoms with E-state index in [1.54, 1.807) is 18.5 Å². The van der Waals surface area contributed by atoms with Gasteiger partial charge in [-0.25, -0.2) is 0 Å². The van der Waals surface area contributed by atoms with Gasteiger partial charge in [0.15, 0.2) is 0 Å². The highest BCUT2D eigenvalue weighted by Crippen LogP contribution is 2.29. The van der Waals surface area contributed by atoms with Gasteiger partial charge in [0.05, 0.1) is 5.56 Å². The van der Waals surface area contributed by atoms with Gasteiger partial charge in [-0.2, -0.15) is 24.5 Å². The first-order valence-electron chi connectivity index (χ1n) is 7.98. The van der Waals surface area contributed by atoms with Gasteiger partial charge in [0.25, 0.3) is 5.91 Å². The third-order valence-corrected chi connectivity index (χ3v) is 4.45. The first-order valence-corrected chi connectivity index (χ1v) is 8.92. The van der Waals surface area contributed by atoms with Crippen molar-refractivity contribution < 1.29 is 22.8 Å². The Bertz CT molecular complexity index is 728. The Morgan fingerprint density at radius 2 is 1.85 bits per heavy atom. The van der Waals surface area contributed by atoms with Crippen molar-refractivity contribution >= 4 is 23.2 Å². The number of alkyl halides is 3. The summed E-state index contributed by atoms with van der Waals surface area (Å²) in [6.07, 6.45) is -3.62. The van der Waals surface area contributed by atoms with Crippen LogP contribution in [0.25, 0.3) is 0 Å². The summed E-state index contributed by atoms with van der Waals surface area (Å²) in [6, 6.07) is 6.48. The van der Waals surface area contributed by atoms with Gasteiger partial charge in [-0.15, -0.1) is 0 Å². The van der Waals surface area contributed by atoms with E-state index in [1.807, 2.05) is 5.38 Å². The Labute approximate surface area is 153 Å². The molecule has 4 nitrogen and oxygen atoms in total. The van der Waals surface area contributed by atoms with Crippen LogP contribution >= 0.6 is 11.3 Å². The highest BCUT2D eigenvalue weighted by Gasteiger charge is 2.29. The lowest BCUT2D eigenvalue weighted by Crippen LogP contribution is -2.28. The minimum absolute atomic E-state index is 0.130. The van der Waals surface area contributed by atoms with Crippen LogP contribution in [0, 0.1) is 0 Å². The van der Waals surface area contributed by atoms with Gasteiger partial charge in [0.2, 0.25) is 5.91 Å². The molecule has 0 atom stereocenters. The zero-order valence-corrected chi connectivity index (χ0v) is 15.0. The molecule has 0 radical (unpaired) electrons. The van der Waals surface area contributed by atoms with Crippen molar-refractivity contribution in [3.8, 4) is 0 Å². The molecule has 26 heavy (non-hydrogen) atoms. The van der Waals surface area contributed by atoms with Gasteiger partial charge in [-0.05, 0) is 35.6 Å². The SMILES string of the molecule is CN(Cc1ccc(C(F)(F)F)cc1)C(=O)CCCNC(=O)c1ccsc1. The number of carbonyl (C=O) groups excluding carboxylic acids is 2. The van der Waals surface area contributed by atoms with Crippen molar-refractivity contribution in [2.24, 2.45) is 0 Å². The third-order valence-electron chi connectivity index (χ3n) is 3.76. The quantitative estimate of drug-likeness (QED) is 0.736. The van der Waals surface area contributed by atoms with Crippen molar-refractivity contribution in [1.29, 1.82) is 0 Å². The smallest absolute Gasteiger partial charge is 0.352 e. The molecule has 1 N–H and O–H groups in total. The van der Waals surface area contributed by atoms with Gasteiger partial charge in [0.1, 0.15) is 0 Å². The Morgan fingerprint density at radius 3 is 2.42 bits per heavy atom. The molecule has 0 bridgehead atoms. The standard InChI is InChI=1S/C18H19F3N2O2S/c1-23(11-13-4-6-15(7-5-13)18(19,20)21)16(24)3-2-9-22-17(25)14-8-10-26-12-14/h4-8,10,12H,2-3,9,11H2,1H3,(H,22,25). The number of rotatable bonds is 7. The van der Waals surface area contributed by atoms with E-state index in [4.69, 9.17) is 0 Å². The fourth-order valence-electron chi connectivity index (χ4n) is 2.29. The zero-order valence-electron chi connectivity index (χ0n) is 14.2. The lowest BCUT2D eigenvalue weighted by molar-refractivity contribution is -0.137. The summed E-state index contributed by atoms with van der Waals surface area (Å²) < 4.78 is 37.6. The molecule has 1 aromatic carbocycles. The highest BCUT2D eigenvalue weighted by molar-refractivity contribution is 7.08. The van der Waals surface area contributed by atoms with E-state index in [1.165, 1.54) is 28.4 Å². The van der Waals surface area contributed by atoms with Crippen molar-refractivity contribution in [2.75, 3.05) is 13.6 Å². The number of nitrogens with one attached hydrogen (secondary N) is 1. The van der Waals surface area contributed by atoms with Gasteiger partial charge in [0, 0.05) is 37.5 Å². The van der Waals surface area contributed by atoms with Crippen LogP contribution in [-0.4, -0.2) is 30.3 Å². The maximum atomic E-state index is 12.5. The van der Waals surface area contributed by atoms with E-state index in [9.17, 15) is 22.8 Å². The van der Waals surface area contributed by atoms with Crippen LogP contribution in [0.4, 0.5) is 13.2 Å². The maximum absolute atomic E-state index is 12.5. The Hall–Kier alpha value is -2.35. The lowest BCUT2D eigenvalue weighted by atomic mass is 10.1. The molecule has 1 heterocycles. The molecular weight excluding hydrogens is 365 g/mol. The van der Waals surface area contributed by atoms with E-state index in [2.05, 4.69) is 5.32 Å². The topological polar surface area (TPSA) is 49.4 Å². The Balaban J connectivity index is 1.72. The van der Waals surface area contributed by atoms with Gasteiger partial charge in [-0.3, -0.25) is 9.59 Å². The third kappa shape index (κ3) is 5.87. The van der Waals surface area contributed by atoms with E-state index in [0.29, 0.717) is 24.1 Å². The summed E-state index contributed by atoms with van der Waals surface area (Å²) in [5.74, 6) is -0.300. The van der Waals surface area contributed by atoms with E-state index in [-0.39, 0.29) is 24.8 Å².